The Hall–Kier alpha value is -3.22. The monoisotopic (exact) mass is 685 g/mol. The molecule has 1 aliphatic rings. The summed E-state index contributed by atoms with van der Waals surface area (Å²) in [6.07, 6.45) is -10.4. The highest BCUT2D eigenvalue weighted by Gasteiger charge is 2.67. The molecule has 4 nitrogen and oxygen atoms in total. The molecule has 1 N–H and O–H groups in total. The van der Waals surface area contributed by atoms with E-state index in [9.17, 15) is 49.5 Å². The first-order valence-electron chi connectivity index (χ1n) is 12.5. The molecular formula is C29H18Cl3F8NO3. The van der Waals surface area contributed by atoms with E-state index in [0.29, 0.717) is 12.1 Å². The van der Waals surface area contributed by atoms with Crippen molar-refractivity contribution in [2.24, 2.45) is 5.92 Å². The van der Waals surface area contributed by atoms with Crippen LogP contribution in [-0.4, -0.2) is 28.2 Å². The van der Waals surface area contributed by atoms with Gasteiger partial charge in [-0.15, -0.1) is 23.2 Å². The molecule has 0 spiro atoms. The number of nitrogens with one attached hydrogen (secondary N) is 1. The Bertz CT molecular complexity index is 1680. The zero-order valence-electron chi connectivity index (χ0n) is 22.1. The van der Waals surface area contributed by atoms with Crippen molar-refractivity contribution in [3.8, 4) is 0 Å². The third-order valence-corrected chi connectivity index (χ3v) is 8.47. The summed E-state index contributed by atoms with van der Waals surface area (Å²) in [4.78, 5) is 37.6. The maximum atomic E-state index is 14.9. The van der Waals surface area contributed by atoms with E-state index in [1.54, 1.807) is 0 Å². The number of amides is 1. The van der Waals surface area contributed by atoms with Gasteiger partial charge in [-0.3, -0.25) is 14.4 Å². The fraction of sp³-hybridized carbons (Fsp3) is 0.276. The van der Waals surface area contributed by atoms with Crippen LogP contribution in [0.5, 0.6) is 0 Å². The smallest absolute Gasteiger partial charge is 0.326 e. The van der Waals surface area contributed by atoms with Gasteiger partial charge < -0.3 is 5.32 Å². The van der Waals surface area contributed by atoms with E-state index in [0.717, 1.165) is 24.3 Å². The number of rotatable bonds is 9. The summed E-state index contributed by atoms with van der Waals surface area (Å²) in [5, 5.41) is 2.36. The number of carbonyl (C=O) groups excluding carboxylic acids is 3. The quantitative estimate of drug-likeness (QED) is 0.140. The minimum Gasteiger partial charge on any atom is -0.326 e. The van der Waals surface area contributed by atoms with Crippen LogP contribution in [0.1, 0.15) is 44.1 Å². The highest BCUT2D eigenvalue weighted by Crippen LogP contribution is 2.65. The number of ketones is 2. The predicted molar refractivity (Wildman–Crippen MR) is 146 cm³/mol. The molecule has 15 heteroatoms. The van der Waals surface area contributed by atoms with Gasteiger partial charge in [0, 0.05) is 35.6 Å². The molecule has 0 unspecified atom stereocenters. The lowest BCUT2D eigenvalue weighted by Gasteiger charge is -2.13. The first-order valence-corrected chi connectivity index (χ1v) is 13.6. The van der Waals surface area contributed by atoms with E-state index < -0.39 is 93.2 Å². The molecule has 1 fully saturated rings. The lowest BCUT2D eigenvalue weighted by atomic mass is 9.97. The van der Waals surface area contributed by atoms with Crippen molar-refractivity contribution in [3.63, 3.8) is 0 Å². The van der Waals surface area contributed by atoms with E-state index in [4.69, 9.17) is 34.8 Å². The highest BCUT2D eigenvalue weighted by molar-refractivity contribution is 6.53. The zero-order valence-corrected chi connectivity index (χ0v) is 24.3. The Balaban J connectivity index is 1.56. The Labute approximate surface area is 259 Å². The Morgan fingerprint density at radius 2 is 1.59 bits per heavy atom. The number of carbonyl (C=O) groups is 3. The minimum atomic E-state index is -5.01. The van der Waals surface area contributed by atoms with E-state index in [1.807, 2.05) is 0 Å². The van der Waals surface area contributed by atoms with Gasteiger partial charge in [-0.2, -0.15) is 13.2 Å². The molecule has 0 radical (unpaired) electrons. The van der Waals surface area contributed by atoms with Gasteiger partial charge >= 0.3 is 6.18 Å². The Morgan fingerprint density at radius 3 is 2.20 bits per heavy atom. The molecule has 44 heavy (non-hydrogen) atoms. The number of Topliss-reactive ketones (excluding diaryl/α,β-unsaturated/α-hetero) is 2. The third-order valence-electron chi connectivity index (χ3n) is 7.02. The van der Waals surface area contributed by atoms with Crippen molar-refractivity contribution < 1.29 is 49.5 Å². The fourth-order valence-corrected chi connectivity index (χ4v) is 5.79. The SMILES string of the molecule is Cc1cc(NC(=O)[C@H]2[C@H](c3ccc(F)c(C(F)(F)F)c3)C2(Cl)Cl)cc(C(=O)Cc2ccc(F)c(CC(=O)C(F)F)c2F)c1Cl. The predicted octanol–water partition coefficient (Wildman–Crippen LogP) is 8.41. The van der Waals surface area contributed by atoms with Crippen molar-refractivity contribution in [2.75, 3.05) is 5.32 Å². The van der Waals surface area contributed by atoms with E-state index in [2.05, 4.69) is 5.32 Å². The van der Waals surface area contributed by atoms with Crippen molar-refractivity contribution in [1.29, 1.82) is 0 Å². The Morgan fingerprint density at radius 1 is 0.955 bits per heavy atom. The summed E-state index contributed by atoms with van der Waals surface area (Å²) in [7, 11) is 0. The second-order valence-corrected chi connectivity index (χ2v) is 11.9. The van der Waals surface area contributed by atoms with Crippen molar-refractivity contribution in [2.45, 2.75) is 42.6 Å². The van der Waals surface area contributed by atoms with Crippen LogP contribution < -0.4 is 5.32 Å². The molecule has 0 saturated heterocycles. The normalized spacial score (nSPS) is 17.5. The molecule has 1 saturated carbocycles. The maximum absolute atomic E-state index is 14.9. The number of hydrogen-bond acceptors (Lipinski definition) is 3. The summed E-state index contributed by atoms with van der Waals surface area (Å²) in [6.45, 7) is 1.46. The highest BCUT2D eigenvalue weighted by atomic mass is 35.5. The van der Waals surface area contributed by atoms with Crippen LogP contribution in [0, 0.1) is 30.3 Å². The number of anilines is 1. The molecule has 0 aliphatic heterocycles. The lowest BCUT2D eigenvalue weighted by molar-refractivity contribution is -0.140. The summed E-state index contributed by atoms with van der Waals surface area (Å²) >= 11 is 18.7. The minimum absolute atomic E-state index is 0.0204. The molecule has 1 amide bonds. The van der Waals surface area contributed by atoms with E-state index in [-0.39, 0.29) is 27.4 Å². The third kappa shape index (κ3) is 6.72. The van der Waals surface area contributed by atoms with Crippen LogP contribution in [0.4, 0.5) is 40.8 Å². The molecule has 1 aliphatic carbocycles. The van der Waals surface area contributed by atoms with Gasteiger partial charge in [0.15, 0.2) is 5.78 Å². The van der Waals surface area contributed by atoms with Gasteiger partial charge in [-0.1, -0.05) is 23.7 Å². The number of alkyl halides is 7. The van der Waals surface area contributed by atoms with Gasteiger partial charge in [0.05, 0.1) is 16.5 Å². The number of aryl methyl sites for hydroxylation is 1. The first-order chi connectivity index (χ1) is 20.3. The zero-order chi connectivity index (χ0) is 32.9. The van der Waals surface area contributed by atoms with Crippen LogP contribution in [0.25, 0.3) is 0 Å². The molecule has 4 rings (SSSR count). The van der Waals surface area contributed by atoms with Crippen LogP contribution in [0.3, 0.4) is 0 Å². The van der Waals surface area contributed by atoms with Crippen molar-refractivity contribution in [3.05, 3.63) is 98.3 Å². The van der Waals surface area contributed by atoms with Crippen LogP contribution in [0.15, 0.2) is 42.5 Å². The molecular weight excluding hydrogens is 669 g/mol. The standard InChI is InChI=1S/C29H18Cl3F8NO3/c1-11-6-14(41-27(44)23-22(28(23,31)32)12-2-5-19(34)17(7-12)29(38,39)40)9-16(24(11)30)20(42)8-13-3-4-18(33)15(25(13)35)10-21(43)26(36)37/h2-7,9,22-23,26H,8,10H2,1H3,(H,41,44)/t22-,23+/m0/s1. The number of benzene rings is 3. The van der Waals surface area contributed by atoms with Crippen LogP contribution in [-0.2, 0) is 28.6 Å². The van der Waals surface area contributed by atoms with Gasteiger partial charge in [0.1, 0.15) is 21.8 Å². The largest absolute Gasteiger partial charge is 0.419 e. The summed E-state index contributed by atoms with van der Waals surface area (Å²) < 4.78 is 106. The number of hydrogen-bond donors (Lipinski definition) is 1. The fourth-order valence-electron chi connectivity index (χ4n) is 4.75. The van der Waals surface area contributed by atoms with Gasteiger partial charge in [-0.25, -0.2) is 22.0 Å². The van der Waals surface area contributed by atoms with Crippen LogP contribution in [0.2, 0.25) is 5.02 Å². The molecule has 0 bridgehead atoms. The van der Waals surface area contributed by atoms with Crippen molar-refractivity contribution >= 4 is 58.0 Å². The second kappa shape index (κ2) is 12.3. The first kappa shape index (κ1) is 33.7. The second-order valence-electron chi connectivity index (χ2n) is 10.1. The lowest BCUT2D eigenvalue weighted by Crippen LogP contribution is -2.18. The average molecular weight is 687 g/mol. The molecule has 3 aromatic carbocycles. The summed E-state index contributed by atoms with van der Waals surface area (Å²) in [5.74, 6) is -9.96. The summed E-state index contributed by atoms with van der Waals surface area (Å²) in [5.41, 5.74) is -3.03. The van der Waals surface area contributed by atoms with Crippen molar-refractivity contribution in [1.82, 2.24) is 0 Å². The van der Waals surface area contributed by atoms with Gasteiger partial charge in [0.25, 0.3) is 6.43 Å². The van der Waals surface area contributed by atoms with Gasteiger partial charge in [-0.05, 0) is 53.9 Å². The molecule has 0 heterocycles. The Kier molecular flexibility index (Phi) is 9.40. The topological polar surface area (TPSA) is 63.2 Å². The number of halogens is 11. The molecule has 2 atom stereocenters. The van der Waals surface area contributed by atoms with E-state index >= 15 is 0 Å². The van der Waals surface area contributed by atoms with E-state index in [1.165, 1.54) is 13.0 Å². The van der Waals surface area contributed by atoms with Gasteiger partial charge in [0.2, 0.25) is 11.7 Å². The molecule has 3 aromatic rings. The molecule has 234 valence electrons. The maximum Gasteiger partial charge on any atom is 0.419 e. The average Bonchev–Trinajstić information content (AvgIpc) is 3.51. The van der Waals surface area contributed by atoms with Crippen LogP contribution >= 0.6 is 34.8 Å². The molecule has 0 aromatic heterocycles. The summed E-state index contributed by atoms with van der Waals surface area (Å²) in [6, 6.07) is 6.22.